The van der Waals surface area contributed by atoms with Crippen molar-refractivity contribution in [1.29, 1.82) is 0 Å². The molecule has 10 nitrogen and oxygen atoms in total. The third-order valence-electron chi connectivity index (χ3n) is 6.03. The molecule has 1 unspecified atom stereocenters. The number of ether oxygens (including phenoxy) is 1. The summed E-state index contributed by atoms with van der Waals surface area (Å²) in [5, 5.41) is 24.0. The number of anilines is 1. The van der Waals surface area contributed by atoms with Gasteiger partial charge in [-0.3, -0.25) is 4.79 Å². The van der Waals surface area contributed by atoms with Crippen molar-refractivity contribution >= 4 is 33.7 Å². The molecule has 40 heavy (non-hydrogen) atoms. The lowest BCUT2D eigenvalue weighted by molar-refractivity contribution is -0.192. The van der Waals surface area contributed by atoms with Crippen molar-refractivity contribution in [2.75, 3.05) is 19.0 Å². The van der Waals surface area contributed by atoms with E-state index in [1.165, 1.54) is 5.56 Å². The standard InChI is InChI=1S/C24H27BrN4O4.C2HF3O2/c1-32-20-10-8-16(12-19(20)25)17(14-23(30)31)13-22-28-21(29-33-22)6-2-5-18-9-7-15-4-3-11-26-24(15)27-18;3-2(4,5)1(6)7/h7-10,12,17H,2-6,11,13-14H2,1H3,(H,26,27)(H,30,31);(H,6,7). The topological polar surface area (TPSA) is 148 Å². The molecule has 2 aromatic heterocycles. The number of aliphatic carboxylic acids is 2. The molecule has 0 saturated carbocycles. The number of aryl methyl sites for hydroxylation is 3. The number of rotatable bonds is 10. The van der Waals surface area contributed by atoms with E-state index >= 15 is 0 Å². The van der Waals surface area contributed by atoms with Crippen LogP contribution in [-0.2, 0) is 35.3 Å². The Morgan fingerprint density at radius 2 is 1.93 bits per heavy atom. The summed E-state index contributed by atoms with van der Waals surface area (Å²) in [6.45, 7) is 0.978. The first kappa shape index (κ1) is 30.9. The zero-order valence-electron chi connectivity index (χ0n) is 21.5. The van der Waals surface area contributed by atoms with Crippen LogP contribution in [0.3, 0.4) is 0 Å². The number of benzene rings is 1. The summed E-state index contributed by atoms with van der Waals surface area (Å²) in [5.74, 6) is -1.14. The minimum Gasteiger partial charge on any atom is -0.496 e. The fourth-order valence-corrected chi connectivity index (χ4v) is 4.63. The largest absolute Gasteiger partial charge is 0.496 e. The highest BCUT2D eigenvalue weighted by Crippen LogP contribution is 2.32. The first-order valence-corrected chi connectivity index (χ1v) is 13.1. The summed E-state index contributed by atoms with van der Waals surface area (Å²) < 4.78 is 43.2. The van der Waals surface area contributed by atoms with E-state index in [9.17, 15) is 23.1 Å². The first-order chi connectivity index (χ1) is 19.0. The van der Waals surface area contributed by atoms with Crippen LogP contribution in [-0.4, -0.2) is 57.1 Å². The van der Waals surface area contributed by atoms with E-state index in [1.807, 2.05) is 18.2 Å². The molecule has 1 aromatic carbocycles. The molecule has 4 rings (SSSR count). The van der Waals surface area contributed by atoms with Gasteiger partial charge in [0.2, 0.25) is 5.89 Å². The molecule has 0 amide bonds. The molecule has 14 heteroatoms. The number of nitrogens with zero attached hydrogens (tertiary/aromatic N) is 3. The number of pyridine rings is 1. The maximum atomic E-state index is 11.4. The summed E-state index contributed by atoms with van der Waals surface area (Å²) in [4.78, 5) is 29.6. The fraction of sp³-hybridized carbons (Fsp3) is 0.423. The van der Waals surface area contributed by atoms with Crippen molar-refractivity contribution in [3.8, 4) is 5.75 Å². The van der Waals surface area contributed by atoms with Gasteiger partial charge in [-0.15, -0.1) is 0 Å². The number of halogens is 4. The molecule has 1 atom stereocenters. The Hall–Kier alpha value is -3.68. The molecule has 216 valence electrons. The second-order valence-corrected chi connectivity index (χ2v) is 9.85. The van der Waals surface area contributed by atoms with E-state index in [0.717, 1.165) is 53.8 Å². The number of hydrogen-bond donors (Lipinski definition) is 3. The van der Waals surface area contributed by atoms with E-state index < -0.39 is 18.1 Å². The lowest BCUT2D eigenvalue weighted by Gasteiger charge is -2.17. The van der Waals surface area contributed by atoms with Gasteiger partial charge in [-0.2, -0.15) is 18.2 Å². The number of methoxy groups -OCH3 is 1. The van der Waals surface area contributed by atoms with Crippen molar-refractivity contribution in [2.24, 2.45) is 0 Å². The molecule has 0 bridgehead atoms. The van der Waals surface area contributed by atoms with Crippen LogP contribution in [0.15, 0.2) is 39.3 Å². The molecular formula is C26H28BrF3N4O6. The Labute approximate surface area is 236 Å². The fourth-order valence-electron chi connectivity index (χ4n) is 4.08. The van der Waals surface area contributed by atoms with Gasteiger partial charge in [-0.25, -0.2) is 9.78 Å². The number of carboxylic acids is 2. The molecule has 1 aliphatic heterocycles. The van der Waals surface area contributed by atoms with Gasteiger partial charge in [-0.05, 0) is 70.9 Å². The molecular weight excluding hydrogens is 601 g/mol. The van der Waals surface area contributed by atoms with Crippen molar-refractivity contribution in [2.45, 2.75) is 57.0 Å². The van der Waals surface area contributed by atoms with E-state index in [2.05, 4.69) is 43.5 Å². The van der Waals surface area contributed by atoms with Crippen LogP contribution in [0.25, 0.3) is 0 Å². The van der Waals surface area contributed by atoms with Crippen LogP contribution >= 0.6 is 15.9 Å². The van der Waals surface area contributed by atoms with E-state index in [0.29, 0.717) is 30.3 Å². The lowest BCUT2D eigenvalue weighted by atomic mass is 9.92. The summed E-state index contributed by atoms with van der Waals surface area (Å²) in [5.41, 5.74) is 3.21. The van der Waals surface area contributed by atoms with Gasteiger partial charge >= 0.3 is 18.1 Å². The highest BCUT2D eigenvalue weighted by molar-refractivity contribution is 9.10. The smallest absolute Gasteiger partial charge is 0.490 e. The molecule has 0 radical (unpaired) electrons. The average molecular weight is 629 g/mol. The van der Waals surface area contributed by atoms with Crippen LogP contribution < -0.4 is 10.1 Å². The maximum absolute atomic E-state index is 11.4. The highest BCUT2D eigenvalue weighted by atomic mass is 79.9. The zero-order valence-corrected chi connectivity index (χ0v) is 23.1. The average Bonchev–Trinajstić information content (AvgIpc) is 3.35. The minimum absolute atomic E-state index is 0.0332. The summed E-state index contributed by atoms with van der Waals surface area (Å²) in [7, 11) is 1.59. The van der Waals surface area contributed by atoms with E-state index in [1.54, 1.807) is 7.11 Å². The van der Waals surface area contributed by atoms with Gasteiger partial charge in [0.1, 0.15) is 11.6 Å². The van der Waals surface area contributed by atoms with Crippen molar-refractivity contribution in [3.05, 3.63) is 63.3 Å². The summed E-state index contributed by atoms with van der Waals surface area (Å²) in [6, 6.07) is 9.82. The van der Waals surface area contributed by atoms with Crippen LogP contribution in [0.4, 0.5) is 19.0 Å². The maximum Gasteiger partial charge on any atom is 0.490 e. The molecule has 1 aliphatic rings. The number of hydrogen-bond acceptors (Lipinski definition) is 8. The monoisotopic (exact) mass is 628 g/mol. The Balaban J connectivity index is 0.000000559. The minimum atomic E-state index is -5.08. The van der Waals surface area contributed by atoms with Gasteiger partial charge in [0.15, 0.2) is 5.82 Å². The van der Waals surface area contributed by atoms with Crippen molar-refractivity contribution in [3.63, 3.8) is 0 Å². The Kier molecular flexibility index (Phi) is 10.9. The normalized spacial score (nSPS) is 13.3. The van der Waals surface area contributed by atoms with Gasteiger partial charge in [0.25, 0.3) is 0 Å². The third-order valence-corrected chi connectivity index (χ3v) is 6.65. The van der Waals surface area contributed by atoms with Gasteiger partial charge in [-0.1, -0.05) is 17.3 Å². The zero-order chi connectivity index (χ0) is 29.3. The van der Waals surface area contributed by atoms with E-state index in [-0.39, 0.29) is 12.3 Å². The predicted molar refractivity (Wildman–Crippen MR) is 140 cm³/mol. The molecule has 0 fully saturated rings. The van der Waals surface area contributed by atoms with Crippen molar-refractivity contribution in [1.82, 2.24) is 15.1 Å². The lowest BCUT2D eigenvalue weighted by Crippen LogP contribution is -2.21. The van der Waals surface area contributed by atoms with Gasteiger partial charge < -0.3 is 24.8 Å². The van der Waals surface area contributed by atoms with Crippen LogP contribution in [0.1, 0.15) is 53.7 Å². The van der Waals surface area contributed by atoms with E-state index in [4.69, 9.17) is 24.1 Å². The van der Waals surface area contributed by atoms with Crippen molar-refractivity contribution < 1.29 is 42.2 Å². The Morgan fingerprint density at radius 3 is 2.58 bits per heavy atom. The second-order valence-electron chi connectivity index (χ2n) is 8.99. The number of carboxylic acid groups (broad SMARTS) is 2. The molecule has 0 spiro atoms. The summed E-state index contributed by atoms with van der Waals surface area (Å²) >= 11 is 3.47. The molecule has 3 heterocycles. The molecule has 0 saturated heterocycles. The first-order valence-electron chi connectivity index (χ1n) is 12.4. The van der Waals surface area contributed by atoms with Crippen LogP contribution in [0.2, 0.25) is 0 Å². The number of nitrogens with one attached hydrogen (secondary N) is 1. The second kappa shape index (κ2) is 14.1. The number of alkyl halides is 3. The quantitative estimate of drug-likeness (QED) is 0.273. The Bertz CT molecular complexity index is 1320. The van der Waals surface area contributed by atoms with Gasteiger partial charge in [0.05, 0.1) is 18.0 Å². The molecule has 3 aromatic rings. The van der Waals surface area contributed by atoms with Gasteiger partial charge in [0, 0.05) is 31.0 Å². The summed E-state index contributed by atoms with van der Waals surface area (Å²) in [6.07, 6.45) is -0.165. The number of aromatic nitrogens is 3. The van der Waals surface area contributed by atoms with Crippen LogP contribution in [0, 0.1) is 0 Å². The number of carbonyl (C=O) groups is 2. The number of fused-ring (bicyclic) bond motifs is 1. The predicted octanol–water partition coefficient (Wildman–Crippen LogP) is 5.20. The molecule has 3 N–H and O–H groups in total. The SMILES string of the molecule is COc1ccc(C(CC(=O)O)Cc2nc(CCCc3ccc4c(n3)NCCC4)no2)cc1Br.O=C(O)C(F)(F)F. The highest BCUT2D eigenvalue weighted by Gasteiger charge is 2.38. The third kappa shape index (κ3) is 9.21. The molecule has 0 aliphatic carbocycles. The Morgan fingerprint density at radius 1 is 1.18 bits per heavy atom. The van der Waals surface area contributed by atoms with Crippen LogP contribution in [0.5, 0.6) is 5.75 Å².